The highest BCUT2D eigenvalue weighted by atomic mass is 79.9. The van der Waals surface area contributed by atoms with Crippen LogP contribution in [0.15, 0.2) is 292 Å². The van der Waals surface area contributed by atoms with Crippen LogP contribution in [0, 0.1) is 6.92 Å². The van der Waals surface area contributed by atoms with Crippen molar-refractivity contribution in [1.82, 2.24) is 0 Å². The van der Waals surface area contributed by atoms with E-state index in [9.17, 15) is 0 Å². The Morgan fingerprint density at radius 3 is 0.893 bits per heavy atom. The number of benzene rings is 6. The summed E-state index contributed by atoms with van der Waals surface area (Å²) in [5, 5.41) is 7.46. The van der Waals surface area contributed by atoms with E-state index in [4.69, 9.17) is 23.2 Å². The van der Waals surface area contributed by atoms with Crippen LogP contribution in [-0.4, -0.2) is 154 Å². The van der Waals surface area contributed by atoms with Crippen molar-refractivity contribution in [3.8, 4) is 0 Å². The topological polar surface area (TPSA) is 25.0 Å². The van der Waals surface area contributed by atoms with Crippen LogP contribution in [0.5, 0.6) is 0 Å². The molecular formula is C93H95BrCl6N8S4. The highest BCUT2D eigenvalue weighted by Gasteiger charge is 2.24. The summed E-state index contributed by atoms with van der Waals surface area (Å²) in [7, 11) is 33.0. The number of fused-ring (bicyclic) bond motifs is 2. The fourth-order valence-corrected chi connectivity index (χ4v) is 17.9. The van der Waals surface area contributed by atoms with Crippen LogP contribution in [-0.2, 0) is 0 Å². The first-order valence-corrected chi connectivity index (χ1v) is 40.6. The standard InChI is InChI=1S/C26H27N2S.C25H24ClN2S.C21H22BrN2S.C21H22ClN2S.4ClH/c1-18-23-8-6-7-9-24(23)29-26(18)25(19-10-14-21(15-11-19)27(2)3)20-12-16-22(17-13-20)28(4)5;1-27(2)19-13-9-17(10-14-19)23(18-11-15-20(16-12-18)28(3)4)25-24(26)21-7-5-6-8-22(21)29-25;2*1-23(2)17-9-5-15(6-10-17)20(19-13-14-25-21(19)22)16-7-11-18(12-8-16)24(3)4;;;;/h6-17H,1-5H3;5-16H,1-4H3;2*5-14H,1-4H3;4*1H/q4*+1;;;;/p-4. The van der Waals surface area contributed by atoms with Crippen LogP contribution in [0.3, 0.4) is 0 Å². The molecule has 0 amide bonds. The van der Waals surface area contributed by atoms with Gasteiger partial charge in [-0.1, -0.05) is 108 Å². The summed E-state index contributed by atoms with van der Waals surface area (Å²) in [6, 6.07) is 56.3. The van der Waals surface area contributed by atoms with Gasteiger partial charge in [0.05, 0.1) is 13.7 Å². The highest BCUT2D eigenvalue weighted by molar-refractivity contribution is 9.11. The first-order valence-electron chi connectivity index (χ1n) is 35.7. The molecule has 0 N–H and O–H groups in total. The molecule has 0 saturated carbocycles. The Morgan fingerprint density at radius 2 is 0.598 bits per heavy atom. The number of hydrogen-bond acceptors (Lipinski definition) is 8. The minimum Gasteiger partial charge on any atom is -1.00 e. The van der Waals surface area contributed by atoms with Crippen LogP contribution in [0.25, 0.3) is 42.5 Å². The summed E-state index contributed by atoms with van der Waals surface area (Å²) in [5.41, 5.74) is 27.8. The van der Waals surface area contributed by atoms with Gasteiger partial charge < -0.3 is 69.2 Å². The molecule has 19 heteroatoms. The molecule has 0 fully saturated rings. The number of nitrogens with zero attached hydrogens (tertiary/aromatic N) is 8. The fraction of sp³-hybridized carbons (Fsp3) is 0.183. The Bertz CT molecular complexity index is 5130. The second-order valence-electron chi connectivity index (χ2n) is 28.0. The van der Waals surface area contributed by atoms with Crippen LogP contribution >= 0.6 is 84.5 Å². The van der Waals surface area contributed by atoms with Crippen molar-refractivity contribution in [3.63, 3.8) is 0 Å². The van der Waals surface area contributed by atoms with E-state index in [1.807, 2.05) is 22.8 Å². The van der Waals surface area contributed by atoms with Gasteiger partial charge in [-0.15, -0.1) is 45.3 Å². The molecule has 8 nitrogen and oxygen atoms in total. The predicted molar refractivity (Wildman–Crippen MR) is 483 cm³/mol. The molecule has 4 aromatic heterocycles. The smallest absolute Gasteiger partial charge is 0.199 e. The lowest BCUT2D eigenvalue weighted by molar-refractivity contribution is -0.462. The number of thiophene rings is 4. The van der Waals surface area contributed by atoms with Crippen molar-refractivity contribution < 1.29 is 67.9 Å². The lowest BCUT2D eigenvalue weighted by atomic mass is 9.92. The molecule has 0 unspecified atom stereocenters. The number of rotatable bonds is 12. The fourth-order valence-electron chi connectivity index (χ4n) is 12.8. The van der Waals surface area contributed by atoms with E-state index in [1.165, 1.54) is 143 Å². The Kier molecular flexibility index (Phi) is 33.7. The molecule has 0 spiro atoms. The zero-order chi connectivity index (χ0) is 77.0. The van der Waals surface area contributed by atoms with Gasteiger partial charge in [0.1, 0.15) is 60.7 Å². The van der Waals surface area contributed by atoms with Crippen molar-refractivity contribution in [2.24, 2.45) is 0 Å². The summed E-state index contributed by atoms with van der Waals surface area (Å²) < 4.78 is 13.0. The maximum absolute atomic E-state index is 6.89. The zero-order valence-electron chi connectivity index (χ0n) is 66.3. The molecule has 14 rings (SSSR count). The molecule has 580 valence electrons. The molecule has 0 radical (unpaired) electrons. The molecule has 0 atom stereocenters. The first kappa shape index (κ1) is 90.8. The third-order valence-electron chi connectivity index (χ3n) is 19.0. The van der Waals surface area contributed by atoms with E-state index < -0.39 is 0 Å². The molecule has 6 aromatic carbocycles. The van der Waals surface area contributed by atoms with Crippen LogP contribution < -0.4 is 69.2 Å². The number of allylic oxidation sites excluding steroid dienone is 20. The van der Waals surface area contributed by atoms with Gasteiger partial charge in [-0.3, -0.25) is 0 Å². The van der Waals surface area contributed by atoms with Crippen LogP contribution in [0.4, 0.5) is 22.7 Å². The normalized spacial score (nSPS) is 12.8. The third-order valence-corrected chi connectivity index (χ3v) is 24.8. The summed E-state index contributed by atoms with van der Waals surface area (Å²) >= 11 is 24.0. The average molecular weight is 1750 g/mol. The maximum Gasteiger partial charge on any atom is 0.199 e. The molecule has 10 aromatic rings. The van der Waals surface area contributed by atoms with E-state index in [0.717, 1.165) is 29.0 Å². The molecule has 0 aliphatic heterocycles. The Hall–Kier alpha value is -8.38. The van der Waals surface area contributed by atoms with Crippen molar-refractivity contribution in [2.45, 2.75) is 6.92 Å². The van der Waals surface area contributed by atoms with Gasteiger partial charge in [0.25, 0.3) is 0 Å². The van der Waals surface area contributed by atoms with Crippen LogP contribution in [0.1, 0.15) is 48.7 Å². The minimum absolute atomic E-state index is 0. The Morgan fingerprint density at radius 1 is 0.321 bits per heavy atom. The quantitative estimate of drug-likeness (QED) is 0.114. The number of aryl methyl sites for hydroxylation is 1. The molecule has 4 heterocycles. The van der Waals surface area contributed by atoms with Gasteiger partial charge in [0.15, 0.2) is 22.8 Å². The average Bonchev–Trinajstić information content (AvgIpc) is 1.65. The first-order chi connectivity index (χ1) is 51.8. The van der Waals surface area contributed by atoms with Crippen LogP contribution in [0.2, 0.25) is 9.36 Å². The van der Waals surface area contributed by atoms with Crippen molar-refractivity contribution in [2.75, 3.05) is 132 Å². The van der Waals surface area contributed by atoms with Gasteiger partial charge in [-0.2, -0.15) is 0 Å². The van der Waals surface area contributed by atoms with Gasteiger partial charge in [-0.05, 0) is 222 Å². The van der Waals surface area contributed by atoms with E-state index in [1.54, 1.807) is 34.0 Å². The third kappa shape index (κ3) is 21.7. The van der Waals surface area contributed by atoms with Gasteiger partial charge >= 0.3 is 0 Å². The van der Waals surface area contributed by atoms with Gasteiger partial charge in [0.2, 0.25) is 0 Å². The Labute approximate surface area is 722 Å². The van der Waals surface area contributed by atoms with E-state index in [-0.39, 0.29) is 49.6 Å². The summed E-state index contributed by atoms with van der Waals surface area (Å²) in [6.45, 7) is 2.25. The predicted octanol–water partition coefficient (Wildman–Crippen LogP) is 10.5. The SMILES string of the molecule is CN(C)c1ccc(C(=C2C=CC(=[N+](C)C)C=C2)c2ccsc2Br)cc1.CN(C)c1ccc(C(=C2C=CC(=[N+](C)C)C=C2)c2ccsc2Cl)cc1.CN(C)c1ccc(C(=C2C=CC(=[N+](C)C)C=C2)c2sc3ccccc3c2Cl)cc1.Cc1c(C(=C2C=CC(=[N+](C)C)C=C2)c2ccc(N(C)C)cc2)sc2ccccc12.[Cl-].[Cl-].[Cl-].[Cl-]. The Balaban J connectivity index is 0.000000205. The number of hydrogen-bond donors (Lipinski definition) is 0. The maximum atomic E-state index is 6.89. The molecule has 0 saturated heterocycles. The number of anilines is 4. The molecule has 0 bridgehead atoms. The van der Waals surface area contributed by atoms with Crippen molar-refractivity contribution in [1.29, 1.82) is 0 Å². The molecular weight excluding hydrogens is 1650 g/mol. The summed E-state index contributed by atoms with van der Waals surface area (Å²) in [6.07, 6.45) is 34.9. The zero-order valence-corrected chi connectivity index (χ0v) is 75.6. The van der Waals surface area contributed by atoms with E-state index >= 15 is 0 Å². The lowest BCUT2D eigenvalue weighted by Crippen LogP contribution is -3.00. The summed E-state index contributed by atoms with van der Waals surface area (Å²) in [4.78, 5) is 10.9. The minimum atomic E-state index is 0. The monoisotopic (exact) mass is 1740 g/mol. The molecule has 4 aliphatic carbocycles. The van der Waals surface area contributed by atoms with Gasteiger partial charge in [-0.25, -0.2) is 18.3 Å². The highest BCUT2D eigenvalue weighted by Crippen LogP contribution is 2.46. The second kappa shape index (κ2) is 41.6. The van der Waals surface area contributed by atoms with Gasteiger partial charge in [0, 0.05) is 170 Å². The van der Waals surface area contributed by atoms with Crippen molar-refractivity contribution in [3.05, 3.63) is 350 Å². The number of halogens is 7. The molecule has 4 aliphatic rings. The van der Waals surface area contributed by atoms with E-state index in [2.05, 4.69) is 428 Å². The van der Waals surface area contributed by atoms with Crippen molar-refractivity contribution >= 4 is 173 Å². The molecule has 112 heavy (non-hydrogen) atoms. The lowest BCUT2D eigenvalue weighted by Gasteiger charge is -2.16. The van der Waals surface area contributed by atoms with E-state index in [0.29, 0.717) is 0 Å². The largest absolute Gasteiger partial charge is 1.00 e. The second-order valence-corrected chi connectivity index (χ2v) is 34.3. The summed E-state index contributed by atoms with van der Waals surface area (Å²) in [5.74, 6) is 0.